The van der Waals surface area contributed by atoms with Gasteiger partial charge in [-0.3, -0.25) is 4.79 Å². The van der Waals surface area contributed by atoms with Crippen LogP contribution in [0.1, 0.15) is 50.4 Å². The van der Waals surface area contributed by atoms with Crippen LogP contribution in [-0.4, -0.2) is 74.0 Å². The molecular weight excluding hydrogens is 400 g/mol. The fourth-order valence-electron chi connectivity index (χ4n) is 3.80. The molecule has 2 amide bonds. The Labute approximate surface area is 183 Å². The van der Waals surface area contributed by atoms with E-state index in [1.165, 1.54) is 7.11 Å². The number of hydrogen-bond acceptors (Lipinski definition) is 7. The molecule has 2 aliphatic rings. The Kier molecular flexibility index (Phi) is 8.09. The zero-order valence-electron chi connectivity index (χ0n) is 18.8. The van der Waals surface area contributed by atoms with Crippen LogP contribution in [0.25, 0.3) is 0 Å². The number of hydrogen-bond donors (Lipinski definition) is 2. The van der Waals surface area contributed by atoms with Gasteiger partial charge in [-0.1, -0.05) is 0 Å². The largest absolute Gasteiger partial charge is 0.481 e. The van der Waals surface area contributed by atoms with E-state index >= 15 is 0 Å². The number of methoxy groups -OCH3 is 2. The van der Waals surface area contributed by atoms with Crippen molar-refractivity contribution < 1.29 is 23.8 Å². The number of pyridine rings is 1. The van der Waals surface area contributed by atoms with Crippen molar-refractivity contribution in [3.8, 4) is 5.88 Å². The first-order chi connectivity index (χ1) is 14.9. The average molecular weight is 435 g/mol. The Bertz CT molecular complexity index is 762. The summed E-state index contributed by atoms with van der Waals surface area (Å²) in [7, 11) is 2.93. The van der Waals surface area contributed by atoms with Crippen molar-refractivity contribution in [2.45, 2.75) is 63.8 Å². The molecule has 1 saturated carbocycles. The first-order valence-corrected chi connectivity index (χ1v) is 11.0. The highest BCUT2D eigenvalue weighted by molar-refractivity contribution is 5.82. The monoisotopic (exact) mass is 434 g/mol. The highest BCUT2D eigenvalue weighted by Crippen LogP contribution is 2.36. The fourth-order valence-corrected chi connectivity index (χ4v) is 3.80. The van der Waals surface area contributed by atoms with Gasteiger partial charge in [-0.2, -0.15) is 0 Å². The lowest BCUT2D eigenvalue weighted by Gasteiger charge is -2.35. The van der Waals surface area contributed by atoms with Gasteiger partial charge in [-0.05, 0) is 51.2 Å². The summed E-state index contributed by atoms with van der Waals surface area (Å²) in [6.07, 6.45) is 2.52. The van der Waals surface area contributed by atoms with Gasteiger partial charge < -0.3 is 29.7 Å². The maximum absolute atomic E-state index is 13.3. The second-order valence-electron chi connectivity index (χ2n) is 8.24. The summed E-state index contributed by atoms with van der Waals surface area (Å²) >= 11 is 0. The molecule has 1 saturated heterocycles. The number of morpholine rings is 1. The van der Waals surface area contributed by atoms with Gasteiger partial charge in [-0.25, -0.2) is 9.78 Å². The number of nitrogens with zero attached hydrogens (tertiary/aromatic N) is 2. The zero-order valence-corrected chi connectivity index (χ0v) is 18.8. The molecule has 1 aromatic rings. The number of nitrogens with one attached hydrogen (secondary N) is 2. The minimum atomic E-state index is -0.452. The molecule has 2 fully saturated rings. The molecule has 1 aromatic heterocycles. The molecule has 1 aliphatic heterocycles. The summed E-state index contributed by atoms with van der Waals surface area (Å²) in [5.41, 5.74) is 1.85. The Morgan fingerprint density at radius 2 is 2.13 bits per heavy atom. The average Bonchev–Trinajstić information content (AvgIpc) is 3.61. The second kappa shape index (κ2) is 10.8. The number of carbonyl (C=O) groups is 2. The molecule has 0 spiro atoms. The normalized spacial score (nSPS) is 21.8. The summed E-state index contributed by atoms with van der Waals surface area (Å²) in [5, 5.41) is 6.00. The standard InChI is InChI=1S/C22H34N4O5/c1-14-13-31-19(12-24-14)21(27)26(18-7-8-18)15(2)16-10-17(25-20(11-16)29-3)6-5-9-23-22(28)30-4/h10-11,14-15,18-19,24H,5-9,12-13H2,1-4H3,(H,23,28)/t14-,15+,19+/m0/s1. The SMILES string of the molecule is COC(=O)NCCCc1cc([C@@H](C)N(C(=O)[C@H]2CN[C@@H](C)CO2)C2CC2)cc(OC)n1. The van der Waals surface area contributed by atoms with E-state index in [4.69, 9.17) is 9.47 Å². The molecule has 1 aliphatic carbocycles. The zero-order chi connectivity index (χ0) is 22.4. The highest BCUT2D eigenvalue weighted by atomic mass is 16.5. The van der Waals surface area contributed by atoms with Gasteiger partial charge in [0, 0.05) is 36.9 Å². The smallest absolute Gasteiger partial charge is 0.406 e. The molecule has 0 radical (unpaired) electrons. The number of ether oxygens (including phenoxy) is 3. The van der Waals surface area contributed by atoms with Gasteiger partial charge in [0.2, 0.25) is 5.88 Å². The van der Waals surface area contributed by atoms with E-state index in [-0.39, 0.29) is 24.0 Å². The summed E-state index contributed by atoms with van der Waals surface area (Å²) in [6.45, 7) is 5.66. The third kappa shape index (κ3) is 6.30. The van der Waals surface area contributed by atoms with Crippen LogP contribution in [0.4, 0.5) is 4.79 Å². The van der Waals surface area contributed by atoms with E-state index in [1.54, 1.807) is 7.11 Å². The van der Waals surface area contributed by atoms with Gasteiger partial charge in [0.25, 0.3) is 5.91 Å². The number of carbonyl (C=O) groups excluding carboxylic acids is 2. The summed E-state index contributed by atoms with van der Waals surface area (Å²) in [6, 6.07) is 4.31. The van der Waals surface area contributed by atoms with Gasteiger partial charge in [0.05, 0.1) is 26.9 Å². The lowest BCUT2D eigenvalue weighted by Crippen LogP contribution is -2.53. The van der Waals surface area contributed by atoms with Gasteiger partial charge in [0.15, 0.2) is 0 Å². The van der Waals surface area contributed by atoms with Crippen LogP contribution in [0.3, 0.4) is 0 Å². The van der Waals surface area contributed by atoms with E-state index in [0.717, 1.165) is 24.1 Å². The van der Waals surface area contributed by atoms with Crippen molar-refractivity contribution in [1.29, 1.82) is 0 Å². The maximum Gasteiger partial charge on any atom is 0.406 e. The number of amides is 2. The molecule has 0 unspecified atom stereocenters. The third-order valence-corrected chi connectivity index (χ3v) is 5.72. The molecule has 3 rings (SSSR count). The predicted octanol–water partition coefficient (Wildman–Crippen LogP) is 1.81. The number of rotatable bonds is 9. The van der Waals surface area contributed by atoms with Crippen LogP contribution in [0.15, 0.2) is 12.1 Å². The number of alkyl carbamates (subject to hydrolysis) is 1. The fraction of sp³-hybridized carbons (Fsp3) is 0.682. The van der Waals surface area contributed by atoms with Crippen LogP contribution in [-0.2, 0) is 20.7 Å². The van der Waals surface area contributed by atoms with E-state index in [2.05, 4.69) is 20.4 Å². The Morgan fingerprint density at radius 1 is 1.35 bits per heavy atom. The predicted molar refractivity (Wildman–Crippen MR) is 115 cm³/mol. The Morgan fingerprint density at radius 3 is 2.74 bits per heavy atom. The molecule has 0 aromatic carbocycles. The molecule has 9 nitrogen and oxygen atoms in total. The topological polar surface area (TPSA) is 102 Å². The lowest BCUT2D eigenvalue weighted by atomic mass is 10.0. The Hall–Kier alpha value is -2.39. The van der Waals surface area contributed by atoms with Gasteiger partial charge >= 0.3 is 6.09 Å². The van der Waals surface area contributed by atoms with Crippen LogP contribution < -0.4 is 15.4 Å². The summed E-state index contributed by atoms with van der Waals surface area (Å²) < 4.78 is 15.8. The quantitative estimate of drug-likeness (QED) is 0.572. The van der Waals surface area contributed by atoms with Crippen LogP contribution in [0.2, 0.25) is 0 Å². The lowest BCUT2D eigenvalue weighted by molar-refractivity contribution is -0.149. The van der Waals surface area contributed by atoms with Gasteiger partial charge in [-0.15, -0.1) is 0 Å². The van der Waals surface area contributed by atoms with Crippen LogP contribution in [0, 0.1) is 0 Å². The number of aryl methyl sites for hydroxylation is 1. The van der Waals surface area contributed by atoms with Crippen LogP contribution in [0.5, 0.6) is 5.88 Å². The molecular formula is C22H34N4O5. The minimum Gasteiger partial charge on any atom is -0.481 e. The first kappa shape index (κ1) is 23.3. The van der Waals surface area contributed by atoms with E-state index in [1.807, 2.05) is 30.9 Å². The molecule has 2 N–H and O–H groups in total. The van der Waals surface area contributed by atoms with Gasteiger partial charge in [0.1, 0.15) is 6.10 Å². The molecule has 31 heavy (non-hydrogen) atoms. The summed E-state index contributed by atoms with van der Waals surface area (Å²) in [4.78, 5) is 31.0. The third-order valence-electron chi connectivity index (χ3n) is 5.72. The molecule has 9 heteroatoms. The van der Waals surface area contributed by atoms with Crippen molar-refractivity contribution in [2.75, 3.05) is 33.9 Å². The maximum atomic E-state index is 13.3. The highest BCUT2D eigenvalue weighted by Gasteiger charge is 2.40. The van der Waals surface area contributed by atoms with Crippen molar-refractivity contribution in [3.63, 3.8) is 0 Å². The van der Waals surface area contributed by atoms with Crippen molar-refractivity contribution in [3.05, 3.63) is 23.4 Å². The molecule has 0 bridgehead atoms. The minimum absolute atomic E-state index is 0.0361. The van der Waals surface area contributed by atoms with Crippen molar-refractivity contribution in [2.24, 2.45) is 0 Å². The second-order valence-corrected chi connectivity index (χ2v) is 8.24. The summed E-state index contributed by atoms with van der Waals surface area (Å²) in [5.74, 6) is 0.557. The first-order valence-electron chi connectivity index (χ1n) is 11.0. The van der Waals surface area contributed by atoms with E-state index in [0.29, 0.717) is 38.4 Å². The Balaban J connectivity index is 1.71. The van der Waals surface area contributed by atoms with Crippen LogP contribution >= 0.6 is 0 Å². The number of aromatic nitrogens is 1. The molecule has 172 valence electrons. The van der Waals surface area contributed by atoms with E-state index < -0.39 is 12.2 Å². The molecule has 2 heterocycles. The molecule has 3 atom stereocenters. The van der Waals surface area contributed by atoms with Crippen molar-refractivity contribution >= 4 is 12.0 Å². The van der Waals surface area contributed by atoms with E-state index in [9.17, 15) is 9.59 Å². The van der Waals surface area contributed by atoms with Crippen molar-refractivity contribution in [1.82, 2.24) is 20.5 Å².